The van der Waals surface area contributed by atoms with Crippen LogP contribution >= 0.6 is 0 Å². The van der Waals surface area contributed by atoms with Crippen LogP contribution in [0.2, 0.25) is 0 Å². The van der Waals surface area contributed by atoms with Crippen molar-refractivity contribution >= 4 is 5.84 Å². The minimum Gasteiger partial charge on any atom is -0.365 e. The summed E-state index contributed by atoms with van der Waals surface area (Å²) in [5.41, 5.74) is 5.10. The van der Waals surface area contributed by atoms with Gasteiger partial charge in [-0.1, -0.05) is 20.3 Å². The van der Waals surface area contributed by atoms with Crippen LogP contribution in [-0.2, 0) is 0 Å². The SMILES string of the molecule is CCC.CN(C)C(=N)C(C)(C)N. The van der Waals surface area contributed by atoms with Crippen LogP contribution in [0.1, 0.15) is 34.1 Å². The average Bonchev–Trinajstić information content (AvgIpc) is 1.85. The van der Waals surface area contributed by atoms with Crippen molar-refractivity contribution in [3.05, 3.63) is 0 Å². The summed E-state index contributed by atoms with van der Waals surface area (Å²) in [7, 11) is 3.63. The molecule has 3 N–H and O–H groups in total. The number of rotatable bonds is 1. The molecule has 0 radical (unpaired) electrons. The molecule has 0 aromatic rings. The Labute approximate surface area is 76.4 Å². The number of hydrogen-bond acceptors (Lipinski definition) is 2. The van der Waals surface area contributed by atoms with Gasteiger partial charge in [0.15, 0.2) is 0 Å². The van der Waals surface area contributed by atoms with Gasteiger partial charge in [0, 0.05) is 14.1 Å². The summed E-state index contributed by atoms with van der Waals surface area (Å²) in [6.07, 6.45) is 1.25. The summed E-state index contributed by atoms with van der Waals surface area (Å²) >= 11 is 0. The highest BCUT2D eigenvalue weighted by molar-refractivity contribution is 5.87. The Morgan fingerprint density at radius 1 is 1.33 bits per heavy atom. The molecule has 0 aromatic heterocycles. The Kier molecular flexibility index (Phi) is 6.99. The van der Waals surface area contributed by atoms with Gasteiger partial charge in [0.2, 0.25) is 0 Å². The Morgan fingerprint density at radius 3 is 1.58 bits per heavy atom. The van der Waals surface area contributed by atoms with Gasteiger partial charge in [-0.15, -0.1) is 0 Å². The van der Waals surface area contributed by atoms with E-state index in [1.807, 2.05) is 27.9 Å². The maximum Gasteiger partial charge on any atom is 0.115 e. The molecule has 0 bridgehead atoms. The van der Waals surface area contributed by atoms with Crippen LogP contribution in [0.25, 0.3) is 0 Å². The smallest absolute Gasteiger partial charge is 0.115 e. The van der Waals surface area contributed by atoms with E-state index < -0.39 is 5.54 Å². The fraction of sp³-hybridized carbons (Fsp3) is 0.889. The summed E-state index contributed by atoms with van der Waals surface area (Å²) in [5, 5.41) is 7.40. The number of nitrogens with two attached hydrogens (primary N) is 1. The molecule has 74 valence electrons. The van der Waals surface area contributed by atoms with Crippen molar-refractivity contribution < 1.29 is 0 Å². The zero-order valence-electron chi connectivity index (χ0n) is 9.23. The lowest BCUT2D eigenvalue weighted by Crippen LogP contribution is -2.47. The molecule has 0 aliphatic heterocycles. The number of hydrogen-bond donors (Lipinski definition) is 2. The van der Waals surface area contributed by atoms with Crippen LogP contribution < -0.4 is 5.73 Å². The van der Waals surface area contributed by atoms with E-state index >= 15 is 0 Å². The van der Waals surface area contributed by atoms with E-state index in [0.717, 1.165) is 0 Å². The minimum absolute atomic E-state index is 0.447. The second-order valence-electron chi connectivity index (χ2n) is 3.67. The maximum absolute atomic E-state index is 7.40. The number of nitrogens with one attached hydrogen (secondary N) is 1. The lowest BCUT2D eigenvalue weighted by Gasteiger charge is -2.25. The molecule has 3 heteroatoms. The monoisotopic (exact) mass is 173 g/mol. The molecule has 0 amide bonds. The number of nitrogens with zero attached hydrogens (tertiary/aromatic N) is 1. The van der Waals surface area contributed by atoms with Crippen LogP contribution in [0, 0.1) is 5.41 Å². The van der Waals surface area contributed by atoms with Crippen molar-refractivity contribution in [2.45, 2.75) is 39.7 Å². The molecule has 0 heterocycles. The highest BCUT2D eigenvalue weighted by Crippen LogP contribution is 1.99. The molecule has 0 aromatic carbocycles. The molecule has 0 aliphatic rings. The maximum atomic E-state index is 7.40. The predicted molar refractivity (Wildman–Crippen MR) is 55.6 cm³/mol. The third-order valence-corrected chi connectivity index (χ3v) is 1.06. The molecule has 12 heavy (non-hydrogen) atoms. The molecule has 0 fully saturated rings. The van der Waals surface area contributed by atoms with Gasteiger partial charge < -0.3 is 10.6 Å². The van der Waals surface area contributed by atoms with Crippen molar-refractivity contribution in [1.82, 2.24) is 4.90 Å². The Balaban J connectivity index is 0. The number of likely N-dealkylation sites (N-methyl/N-ethyl adjacent to an activating group) is 1. The van der Waals surface area contributed by atoms with Crippen molar-refractivity contribution in [1.29, 1.82) is 5.41 Å². The summed E-state index contributed by atoms with van der Waals surface area (Å²) in [6, 6.07) is 0. The lowest BCUT2D eigenvalue weighted by molar-refractivity contribution is 0.530. The van der Waals surface area contributed by atoms with E-state index in [4.69, 9.17) is 11.1 Å². The van der Waals surface area contributed by atoms with Crippen LogP contribution in [0.3, 0.4) is 0 Å². The van der Waals surface area contributed by atoms with Gasteiger partial charge in [0.25, 0.3) is 0 Å². The molecular formula is C9H23N3. The van der Waals surface area contributed by atoms with Crippen LogP contribution in [0.4, 0.5) is 0 Å². The largest absolute Gasteiger partial charge is 0.365 e. The van der Waals surface area contributed by atoms with E-state index in [9.17, 15) is 0 Å². The van der Waals surface area contributed by atoms with Crippen molar-refractivity contribution in [2.24, 2.45) is 5.73 Å². The van der Waals surface area contributed by atoms with Gasteiger partial charge in [0.05, 0.1) is 5.54 Å². The molecule has 0 spiro atoms. The Hall–Kier alpha value is -0.570. The second-order valence-corrected chi connectivity index (χ2v) is 3.67. The second kappa shape index (κ2) is 6.00. The van der Waals surface area contributed by atoms with Gasteiger partial charge in [-0.05, 0) is 13.8 Å². The standard InChI is InChI=1S/C6H15N3.C3H8/c1-6(2,8)5(7)9(3)4;1-3-2/h7H,8H2,1-4H3;3H2,1-2H3. The van der Waals surface area contributed by atoms with Crippen molar-refractivity contribution in [3.8, 4) is 0 Å². The third kappa shape index (κ3) is 7.54. The topological polar surface area (TPSA) is 53.1 Å². The van der Waals surface area contributed by atoms with E-state index in [0.29, 0.717) is 5.84 Å². The first-order valence-corrected chi connectivity index (χ1v) is 4.32. The van der Waals surface area contributed by atoms with Crippen LogP contribution in [-0.4, -0.2) is 30.4 Å². The van der Waals surface area contributed by atoms with Gasteiger partial charge in [-0.3, -0.25) is 5.41 Å². The Bertz CT molecular complexity index is 122. The minimum atomic E-state index is -0.510. The lowest BCUT2D eigenvalue weighted by atomic mass is 10.1. The highest BCUT2D eigenvalue weighted by atomic mass is 15.1. The first kappa shape index (κ1) is 14.0. The molecule has 0 saturated carbocycles. The zero-order valence-corrected chi connectivity index (χ0v) is 9.23. The third-order valence-electron chi connectivity index (χ3n) is 1.06. The summed E-state index contributed by atoms with van der Waals surface area (Å²) in [6.45, 7) is 7.88. The molecule has 0 unspecified atom stereocenters. The van der Waals surface area contributed by atoms with Crippen molar-refractivity contribution in [2.75, 3.05) is 14.1 Å². The normalized spacial score (nSPS) is 9.92. The molecule has 0 saturated heterocycles. The molecule has 0 rings (SSSR count). The summed E-state index contributed by atoms with van der Waals surface area (Å²) in [4.78, 5) is 1.71. The first-order valence-electron chi connectivity index (χ1n) is 4.32. The highest BCUT2D eigenvalue weighted by Gasteiger charge is 2.18. The molecular weight excluding hydrogens is 150 g/mol. The van der Waals surface area contributed by atoms with Gasteiger partial charge in [-0.25, -0.2) is 0 Å². The fourth-order valence-electron chi connectivity index (χ4n) is 0.576. The van der Waals surface area contributed by atoms with Crippen molar-refractivity contribution in [3.63, 3.8) is 0 Å². The fourth-order valence-corrected chi connectivity index (χ4v) is 0.576. The average molecular weight is 173 g/mol. The summed E-state index contributed by atoms with van der Waals surface area (Å²) < 4.78 is 0. The van der Waals surface area contributed by atoms with E-state index in [2.05, 4.69) is 13.8 Å². The van der Waals surface area contributed by atoms with Crippen LogP contribution in [0.15, 0.2) is 0 Å². The molecule has 0 aliphatic carbocycles. The van der Waals surface area contributed by atoms with Gasteiger partial charge >= 0.3 is 0 Å². The van der Waals surface area contributed by atoms with E-state index in [-0.39, 0.29) is 0 Å². The molecule has 3 nitrogen and oxygen atoms in total. The summed E-state index contributed by atoms with van der Waals surface area (Å²) in [5.74, 6) is 0.447. The quantitative estimate of drug-likeness (QED) is 0.468. The Morgan fingerprint density at radius 2 is 1.58 bits per heavy atom. The van der Waals surface area contributed by atoms with Gasteiger partial charge in [0.1, 0.15) is 5.84 Å². The molecule has 0 atom stereocenters. The first-order chi connectivity index (χ1) is 5.27. The predicted octanol–water partition coefficient (Wildman–Crippen LogP) is 1.68. The zero-order chi connectivity index (χ0) is 10.4. The van der Waals surface area contributed by atoms with E-state index in [1.165, 1.54) is 6.42 Å². The van der Waals surface area contributed by atoms with E-state index in [1.54, 1.807) is 4.90 Å². The van der Waals surface area contributed by atoms with Crippen LogP contribution in [0.5, 0.6) is 0 Å². The van der Waals surface area contributed by atoms with Gasteiger partial charge in [-0.2, -0.15) is 0 Å². The number of amidine groups is 1.